The van der Waals surface area contributed by atoms with Crippen LogP contribution in [0.15, 0.2) is 30.6 Å². The molecule has 3 heterocycles. The molecule has 0 saturated heterocycles. The molecule has 0 spiro atoms. The van der Waals surface area contributed by atoms with Crippen LogP contribution in [0.2, 0.25) is 0 Å². The second-order valence-corrected chi connectivity index (χ2v) is 7.04. The van der Waals surface area contributed by atoms with E-state index in [9.17, 15) is 4.79 Å². The summed E-state index contributed by atoms with van der Waals surface area (Å²) in [7, 11) is 1.56. The Morgan fingerprint density at radius 3 is 2.57 bits per heavy atom. The number of nitrogens with zero attached hydrogens (tertiary/aromatic N) is 4. The lowest BCUT2D eigenvalue weighted by atomic mass is 10.2. The zero-order valence-corrected chi connectivity index (χ0v) is 17.1. The van der Waals surface area contributed by atoms with Crippen LogP contribution >= 0.6 is 0 Å². The van der Waals surface area contributed by atoms with Gasteiger partial charge in [-0.3, -0.25) is 4.79 Å². The van der Waals surface area contributed by atoms with Crippen molar-refractivity contribution in [3.63, 3.8) is 0 Å². The summed E-state index contributed by atoms with van der Waals surface area (Å²) in [5.74, 6) is -0.0136. The van der Waals surface area contributed by atoms with E-state index in [1.165, 1.54) is 43.6 Å². The number of carbonyl (C=O) groups excluding carboxylic acids is 1. The van der Waals surface area contributed by atoms with Gasteiger partial charge in [0.2, 0.25) is 12.4 Å². The first-order valence-corrected chi connectivity index (χ1v) is 10.0. The van der Waals surface area contributed by atoms with Crippen molar-refractivity contribution in [2.75, 3.05) is 12.4 Å². The summed E-state index contributed by atoms with van der Waals surface area (Å²) in [5.41, 5.74) is 2.39. The second kappa shape index (κ2) is 9.82. The molecule has 9 nitrogen and oxygen atoms in total. The summed E-state index contributed by atoms with van der Waals surface area (Å²) in [6, 6.07) is 5.81. The minimum Gasteiger partial charge on any atom is -0.478 e. The van der Waals surface area contributed by atoms with Gasteiger partial charge >= 0.3 is 5.97 Å². The van der Waals surface area contributed by atoms with Crippen LogP contribution in [0.5, 0.6) is 0 Å². The number of carboxylic acids is 1. The lowest BCUT2D eigenvalue weighted by Crippen LogP contribution is -2.09. The van der Waals surface area contributed by atoms with E-state index in [-0.39, 0.29) is 5.56 Å². The van der Waals surface area contributed by atoms with Crippen LogP contribution in [0.4, 0.5) is 11.8 Å². The highest BCUT2D eigenvalue weighted by molar-refractivity contribution is 5.87. The molecule has 1 amide bonds. The molecule has 0 radical (unpaired) electrons. The molecule has 1 fully saturated rings. The fourth-order valence-corrected chi connectivity index (χ4v) is 3.67. The number of hydrogen-bond donors (Lipinski definition) is 3. The van der Waals surface area contributed by atoms with Gasteiger partial charge in [0, 0.05) is 36.6 Å². The van der Waals surface area contributed by atoms with Crippen LogP contribution in [-0.2, 0) is 11.2 Å². The first kappa shape index (κ1) is 21.2. The van der Waals surface area contributed by atoms with E-state index in [4.69, 9.17) is 14.9 Å². The van der Waals surface area contributed by atoms with Gasteiger partial charge in [0.1, 0.15) is 11.5 Å². The molecule has 0 atom stereocenters. The monoisotopic (exact) mass is 410 g/mol. The third-order valence-electron chi connectivity index (χ3n) is 5.08. The van der Waals surface area contributed by atoms with Crippen molar-refractivity contribution < 1.29 is 14.7 Å². The smallest absolute Gasteiger partial charge is 0.337 e. The number of aryl methyl sites for hydroxylation is 1. The molecule has 3 aromatic heterocycles. The summed E-state index contributed by atoms with van der Waals surface area (Å²) < 4.78 is 2.37. The first-order chi connectivity index (χ1) is 14.6. The van der Waals surface area contributed by atoms with Crippen molar-refractivity contribution >= 4 is 35.2 Å². The van der Waals surface area contributed by atoms with E-state index in [1.807, 2.05) is 6.20 Å². The lowest BCUT2D eigenvalue weighted by Gasteiger charge is -2.16. The molecule has 0 aromatic carbocycles. The minimum absolute atomic E-state index is 0.148. The molecule has 3 aromatic rings. The standard InChI is InChI=1S/C19H21N5O2.C2H5NO/c1-2-14-9-13-11-21-19(22-16-8-7-12(10-20-16)18(25)26)23-17(13)24(14)15-5-3-4-6-15;1-3-2-4/h7-11,15H,2-6H2,1H3,(H,25,26)(H,20,21,22,23);2H,1H3,(H,3,4). The van der Waals surface area contributed by atoms with E-state index in [0.717, 1.165) is 17.5 Å². The Kier molecular flexibility index (Phi) is 6.95. The summed E-state index contributed by atoms with van der Waals surface area (Å²) in [4.78, 5) is 33.2. The highest BCUT2D eigenvalue weighted by Crippen LogP contribution is 2.34. The molecule has 0 bridgehead atoms. The summed E-state index contributed by atoms with van der Waals surface area (Å²) in [6.07, 6.45) is 9.67. The SMILES string of the molecule is CCc1cc2cnc(Nc3ccc(C(=O)O)cn3)nc2n1C1CCCC1.CNC=O. The maximum absolute atomic E-state index is 10.9. The number of amides is 1. The van der Waals surface area contributed by atoms with Crippen molar-refractivity contribution in [1.82, 2.24) is 24.8 Å². The molecular weight excluding hydrogens is 384 g/mol. The molecule has 1 aliphatic rings. The van der Waals surface area contributed by atoms with E-state index in [2.05, 4.69) is 38.2 Å². The molecule has 4 rings (SSSR count). The van der Waals surface area contributed by atoms with Crippen LogP contribution in [0.25, 0.3) is 11.0 Å². The number of aromatic carboxylic acids is 1. The number of anilines is 2. The van der Waals surface area contributed by atoms with Gasteiger partial charge in [-0.1, -0.05) is 19.8 Å². The fraction of sp³-hybridized carbons (Fsp3) is 0.381. The van der Waals surface area contributed by atoms with Crippen molar-refractivity contribution in [3.8, 4) is 0 Å². The van der Waals surface area contributed by atoms with Gasteiger partial charge in [-0.05, 0) is 37.5 Å². The molecule has 0 aliphatic heterocycles. The Morgan fingerprint density at radius 2 is 2.00 bits per heavy atom. The van der Waals surface area contributed by atoms with E-state index >= 15 is 0 Å². The lowest BCUT2D eigenvalue weighted by molar-refractivity contribution is -0.109. The average molecular weight is 410 g/mol. The average Bonchev–Trinajstić information content (AvgIpc) is 3.41. The summed E-state index contributed by atoms with van der Waals surface area (Å²) in [6.45, 7) is 2.17. The maximum Gasteiger partial charge on any atom is 0.337 e. The third-order valence-corrected chi connectivity index (χ3v) is 5.08. The summed E-state index contributed by atoms with van der Waals surface area (Å²) >= 11 is 0. The third kappa shape index (κ3) is 4.73. The topological polar surface area (TPSA) is 122 Å². The zero-order chi connectivity index (χ0) is 21.5. The van der Waals surface area contributed by atoms with Crippen LogP contribution < -0.4 is 10.6 Å². The molecule has 0 unspecified atom stereocenters. The van der Waals surface area contributed by atoms with Gasteiger partial charge in [-0.15, -0.1) is 0 Å². The van der Waals surface area contributed by atoms with Gasteiger partial charge in [0.25, 0.3) is 0 Å². The van der Waals surface area contributed by atoms with Crippen molar-refractivity contribution in [2.24, 2.45) is 0 Å². The minimum atomic E-state index is -0.997. The van der Waals surface area contributed by atoms with E-state index in [1.54, 1.807) is 13.1 Å². The maximum atomic E-state index is 10.9. The van der Waals surface area contributed by atoms with Gasteiger partial charge in [-0.25, -0.2) is 14.8 Å². The van der Waals surface area contributed by atoms with Crippen LogP contribution in [0.1, 0.15) is 54.7 Å². The van der Waals surface area contributed by atoms with Crippen molar-refractivity contribution in [2.45, 2.75) is 45.1 Å². The summed E-state index contributed by atoms with van der Waals surface area (Å²) in [5, 5.41) is 15.3. The molecule has 158 valence electrons. The van der Waals surface area contributed by atoms with Crippen LogP contribution in [0.3, 0.4) is 0 Å². The molecule has 3 N–H and O–H groups in total. The Morgan fingerprint density at radius 1 is 1.27 bits per heavy atom. The highest BCUT2D eigenvalue weighted by atomic mass is 16.4. The van der Waals surface area contributed by atoms with Crippen LogP contribution in [-0.4, -0.2) is 44.1 Å². The van der Waals surface area contributed by atoms with E-state index < -0.39 is 5.97 Å². The second-order valence-electron chi connectivity index (χ2n) is 7.04. The van der Waals surface area contributed by atoms with Crippen LogP contribution in [0, 0.1) is 0 Å². The quantitative estimate of drug-likeness (QED) is 0.533. The molecule has 9 heteroatoms. The van der Waals surface area contributed by atoms with Crippen molar-refractivity contribution in [1.29, 1.82) is 0 Å². The number of fused-ring (bicyclic) bond motifs is 1. The zero-order valence-electron chi connectivity index (χ0n) is 17.1. The molecule has 30 heavy (non-hydrogen) atoms. The van der Waals surface area contributed by atoms with Crippen molar-refractivity contribution in [3.05, 3.63) is 41.9 Å². The van der Waals surface area contributed by atoms with Gasteiger partial charge in [0.15, 0.2) is 0 Å². The largest absolute Gasteiger partial charge is 0.478 e. The Labute approximate surface area is 174 Å². The normalized spacial score (nSPS) is 13.5. The number of rotatable bonds is 6. The molecule has 1 aliphatic carbocycles. The number of aromatic nitrogens is 4. The fourth-order valence-electron chi connectivity index (χ4n) is 3.67. The first-order valence-electron chi connectivity index (χ1n) is 10.0. The molecule has 1 saturated carbocycles. The Balaban J connectivity index is 0.000000589. The van der Waals surface area contributed by atoms with E-state index in [0.29, 0.717) is 24.2 Å². The molecular formula is C21H26N6O3. The number of hydrogen-bond acceptors (Lipinski definition) is 6. The Hall–Kier alpha value is -3.49. The predicted octanol–water partition coefficient (Wildman–Crippen LogP) is 3.31. The predicted molar refractivity (Wildman–Crippen MR) is 114 cm³/mol. The van der Waals surface area contributed by atoms with Gasteiger partial charge in [0.05, 0.1) is 5.56 Å². The number of pyridine rings is 1. The Bertz CT molecular complexity index is 1010. The number of nitrogens with one attached hydrogen (secondary N) is 2. The number of carbonyl (C=O) groups is 2. The van der Waals surface area contributed by atoms with Gasteiger partial charge in [-0.2, -0.15) is 4.98 Å². The number of carboxylic acid groups (broad SMARTS) is 1. The highest BCUT2D eigenvalue weighted by Gasteiger charge is 2.22. The van der Waals surface area contributed by atoms with Gasteiger partial charge < -0.3 is 20.3 Å².